The maximum Gasteiger partial charge on any atom is 0.175 e. The topological polar surface area (TPSA) is 88.2 Å². The third-order valence-corrected chi connectivity index (χ3v) is 14.9. The fourth-order valence-electron chi connectivity index (χ4n) is 10.6. The normalized spacial score (nSPS) is 36.0. The summed E-state index contributed by atoms with van der Waals surface area (Å²) in [6.45, 7) is 4.48. The predicted octanol–water partition coefficient (Wildman–Crippen LogP) is 7.76. The molecule has 8 heteroatoms. The Morgan fingerprint density at radius 1 is 1.11 bits per heavy atom. The third kappa shape index (κ3) is 4.68. The van der Waals surface area contributed by atoms with Crippen molar-refractivity contribution in [3.63, 3.8) is 0 Å². The molecule has 7 atom stereocenters. The zero-order valence-electron chi connectivity index (χ0n) is 26.5. The van der Waals surface area contributed by atoms with Gasteiger partial charge in [0.05, 0.1) is 35.5 Å². The van der Waals surface area contributed by atoms with Crippen molar-refractivity contribution in [1.29, 1.82) is 0 Å². The second kappa shape index (κ2) is 11.2. The number of Topliss-reactive ketones (excluding diaryl/α,β-unsaturated/α-hetero) is 1. The molecule has 2 N–H and O–H groups in total. The van der Waals surface area contributed by atoms with Crippen LogP contribution >= 0.6 is 23.1 Å². The Balaban J connectivity index is 1.01. The number of nitrogens with zero attached hydrogens (tertiary/aromatic N) is 3. The number of carbonyl (C=O) groups is 1. The van der Waals surface area contributed by atoms with Gasteiger partial charge in [0.1, 0.15) is 5.60 Å². The van der Waals surface area contributed by atoms with Crippen LogP contribution in [0.2, 0.25) is 0 Å². The molecule has 5 aliphatic carbocycles. The molecule has 0 spiro atoms. The van der Waals surface area contributed by atoms with Gasteiger partial charge in [0.2, 0.25) is 0 Å². The fourth-order valence-corrected chi connectivity index (χ4v) is 12.4. The molecule has 45 heavy (non-hydrogen) atoms. The average molecular weight is 644 g/mol. The summed E-state index contributed by atoms with van der Waals surface area (Å²) in [5, 5.41) is 31.2. The minimum Gasteiger partial charge on any atom is -0.393 e. The Bertz CT molecular complexity index is 1630. The number of carbonyl (C=O) groups excluding carboxylic acids is 1. The third-order valence-electron chi connectivity index (χ3n) is 12.9. The highest BCUT2D eigenvalue weighted by Crippen LogP contribution is 2.67. The first-order valence-electron chi connectivity index (χ1n) is 17.1. The lowest BCUT2D eigenvalue weighted by Crippen LogP contribution is -2.62. The smallest absolute Gasteiger partial charge is 0.175 e. The summed E-state index contributed by atoms with van der Waals surface area (Å²) in [6.07, 6.45) is 15.1. The zero-order chi connectivity index (χ0) is 31.0. The molecular weight excluding hydrogens is 599 g/mol. The number of fused-ring (bicyclic) bond motifs is 6. The van der Waals surface area contributed by atoms with Gasteiger partial charge >= 0.3 is 0 Å². The van der Waals surface area contributed by atoms with E-state index in [9.17, 15) is 15.0 Å². The number of aliphatic hydroxyl groups is 2. The summed E-state index contributed by atoms with van der Waals surface area (Å²) in [4.78, 5) is 18.7. The van der Waals surface area contributed by atoms with Crippen LogP contribution < -0.4 is 0 Å². The van der Waals surface area contributed by atoms with Gasteiger partial charge in [-0.3, -0.25) is 9.48 Å². The lowest BCUT2D eigenvalue weighted by molar-refractivity contribution is -0.177. The second-order valence-electron chi connectivity index (χ2n) is 15.1. The molecule has 0 bridgehead atoms. The molecule has 6 nitrogen and oxygen atoms in total. The van der Waals surface area contributed by atoms with Crippen molar-refractivity contribution in [3.05, 3.63) is 58.7 Å². The first-order chi connectivity index (χ1) is 21.7. The van der Waals surface area contributed by atoms with E-state index in [1.54, 1.807) is 11.3 Å². The zero-order valence-corrected chi connectivity index (χ0v) is 28.1. The van der Waals surface area contributed by atoms with E-state index in [1.807, 2.05) is 35.7 Å². The standard InChI is InChI=1S/C37H45N3O3S2/c1-35-18-24-20-38-40(26-11-7-4-8-12-26)30(24)17-25(35)13-14-27-28-15-16-37(43,36(28,2)19-31(41)33(27)35)32(42)22-45-34-39-29(21-44-34)23-9-5-3-6-10-23/h3,5-6,9-10,17,20-21,26-28,31,33,41,43H,4,7-8,11-16,18-19,22H2,1-2H3. The van der Waals surface area contributed by atoms with Crippen LogP contribution in [0.3, 0.4) is 0 Å². The van der Waals surface area contributed by atoms with Crippen molar-refractivity contribution >= 4 is 35.0 Å². The van der Waals surface area contributed by atoms with Crippen molar-refractivity contribution in [2.45, 2.75) is 107 Å². The van der Waals surface area contributed by atoms with Crippen LogP contribution in [0.5, 0.6) is 0 Å². The van der Waals surface area contributed by atoms with Gasteiger partial charge in [0.25, 0.3) is 0 Å². The number of ketones is 1. The molecule has 0 amide bonds. The lowest BCUT2D eigenvalue weighted by atomic mass is 9.45. The SMILES string of the molecule is CC12Cc3cnn(C4CCCCC4)c3C=C1CCC1C2C(O)CC2(C)C1CCC2(O)C(=O)CSc1nc(-c2ccccc2)cs1. The number of hydrogen-bond acceptors (Lipinski definition) is 7. The fraction of sp³-hybridized carbons (Fsp3) is 0.595. The van der Waals surface area contributed by atoms with Crippen molar-refractivity contribution in [2.24, 2.45) is 28.6 Å². The van der Waals surface area contributed by atoms with Crippen LogP contribution in [0.25, 0.3) is 17.3 Å². The molecule has 1 aromatic carbocycles. The maximum atomic E-state index is 13.9. The van der Waals surface area contributed by atoms with E-state index in [0.717, 1.165) is 41.3 Å². The largest absolute Gasteiger partial charge is 0.393 e. The molecule has 8 rings (SSSR count). The average Bonchev–Trinajstić information content (AvgIpc) is 3.75. The highest BCUT2D eigenvalue weighted by atomic mass is 32.2. The van der Waals surface area contributed by atoms with Gasteiger partial charge in [-0.05, 0) is 86.2 Å². The van der Waals surface area contributed by atoms with E-state index in [0.29, 0.717) is 18.9 Å². The van der Waals surface area contributed by atoms with Gasteiger partial charge in [-0.1, -0.05) is 80.8 Å². The maximum absolute atomic E-state index is 13.9. The lowest BCUT2D eigenvalue weighted by Gasteiger charge is -2.60. The summed E-state index contributed by atoms with van der Waals surface area (Å²) in [7, 11) is 0. The number of thioether (sulfide) groups is 1. The summed E-state index contributed by atoms with van der Waals surface area (Å²) >= 11 is 2.98. The number of thiazole rings is 1. The van der Waals surface area contributed by atoms with Gasteiger partial charge < -0.3 is 10.2 Å². The van der Waals surface area contributed by atoms with E-state index in [2.05, 4.69) is 30.8 Å². The van der Waals surface area contributed by atoms with Crippen LogP contribution in [-0.4, -0.2) is 48.2 Å². The highest BCUT2D eigenvalue weighted by molar-refractivity contribution is 8.01. The van der Waals surface area contributed by atoms with Crippen molar-refractivity contribution in [2.75, 3.05) is 5.75 Å². The van der Waals surface area contributed by atoms with Gasteiger partial charge in [-0.2, -0.15) is 5.10 Å². The molecule has 0 radical (unpaired) electrons. The molecular formula is C37H45N3O3S2. The number of allylic oxidation sites excluding steroid dienone is 1. The van der Waals surface area contributed by atoms with Gasteiger partial charge in [-0.25, -0.2) is 4.98 Å². The van der Waals surface area contributed by atoms with Crippen LogP contribution in [-0.2, 0) is 11.2 Å². The Labute approximate surface area is 274 Å². The molecule has 3 aromatic rings. The second-order valence-corrected chi connectivity index (χ2v) is 17.1. The summed E-state index contributed by atoms with van der Waals surface area (Å²) in [5.74, 6) is 0.722. The molecule has 4 saturated carbocycles. The summed E-state index contributed by atoms with van der Waals surface area (Å²) in [5.41, 5.74) is 3.89. The molecule has 4 fully saturated rings. The van der Waals surface area contributed by atoms with Crippen LogP contribution in [0, 0.1) is 28.6 Å². The molecule has 2 aromatic heterocycles. The van der Waals surface area contributed by atoms with E-state index < -0.39 is 17.1 Å². The van der Waals surface area contributed by atoms with Crippen LogP contribution in [0.15, 0.2) is 51.8 Å². The minimum absolute atomic E-state index is 0.111. The quantitative estimate of drug-likeness (QED) is 0.267. The van der Waals surface area contributed by atoms with Gasteiger partial charge in [-0.15, -0.1) is 11.3 Å². The van der Waals surface area contributed by atoms with Crippen LogP contribution in [0.1, 0.15) is 95.4 Å². The predicted molar refractivity (Wildman–Crippen MR) is 180 cm³/mol. The van der Waals surface area contributed by atoms with Gasteiger partial charge in [0.15, 0.2) is 10.1 Å². The molecule has 0 saturated heterocycles. The molecule has 238 valence electrons. The van der Waals surface area contributed by atoms with E-state index in [4.69, 9.17) is 10.1 Å². The summed E-state index contributed by atoms with van der Waals surface area (Å²) in [6, 6.07) is 10.6. The number of benzene rings is 1. The number of aliphatic hydroxyl groups excluding tert-OH is 1. The number of rotatable bonds is 6. The molecule has 7 unspecified atom stereocenters. The van der Waals surface area contributed by atoms with E-state index >= 15 is 0 Å². The van der Waals surface area contributed by atoms with Crippen molar-refractivity contribution < 1.29 is 15.0 Å². The monoisotopic (exact) mass is 643 g/mol. The highest BCUT2D eigenvalue weighted by Gasteiger charge is 2.68. The summed E-state index contributed by atoms with van der Waals surface area (Å²) < 4.78 is 3.16. The van der Waals surface area contributed by atoms with E-state index in [1.165, 1.54) is 60.7 Å². The molecule has 5 aliphatic rings. The molecule has 2 heterocycles. The van der Waals surface area contributed by atoms with Crippen molar-refractivity contribution in [3.8, 4) is 11.3 Å². The Morgan fingerprint density at radius 2 is 1.91 bits per heavy atom. The molecule has 0 aliphatic heterocycles. The number of aromatic nitrogens is 3. The Hall–Kier alpha value is -2.26. The Kier molecular flexibility index (Phi) is 7.47. The van der Waals surface area contributed by atoms with E-state index in [-0.39, 0.29) is 34.7 Å². The van der Waals surface area contributed by atoms with Gasteiger partial charge in [0, 0.05) is 16.4 Å². The number of hydrogen-bond donors (Lipinski definition) is 2. The first-order valence-corrected chi connectivity index (χ1v) is 18.9. The Morgan fingerprint density at radius 3 is 2.71 bits per heavy atom. The van der Waals surface area contributed by atoms with Crippen LogP contribution in [0.4, 0.5) is 0 Å². The van der Waals surface area contributed by atoms with Crippen molar-refractivity contribution in [1.82, 2.24) is 14.8 Å². The first kappa shape index (κ1) is 30.1. The minimum atomic E-state index is -1.42.